The lowest BCUT2D eigenvalue weighted by Gasteiger charge is -2.37. The minimum absolute atomic E-state index is 0.0191. The second-order valence-electron chi connectivity index (χ2n) is 11.3. The minimum Gasteiger partial charge on any atom is -0.414 e. The lowest BCUT2D eigenvalue weighted by atomic mass is 10.1. The van der Waals surface area contributed by atoms with Crippen molar-refractivity contribution in [2.45, 2.75) is 113 Å². The quantitative estimate of drug-likeness (QED) is 0.487. The highest BCUT2D eigenvalue weighted by Gasteiger charge is 2.62. The van der Waals surface area contributed by atoms with Crippen LogP contribution in [0.2, 0.25) is 37.3 Å². The molecule has 7 nitrogen and oxygen atoms in total. The zero-order valence-electron chi connectivity index (χ0n) is 20.8. The molecule has 0 bridgehead atoms. The molecule has 4 rings (SSSR count). The third-order valence-corrected chi connectivity index (χ3v) is 15.0. The van der Waals surface area contributed by atoms with E-state index in [1.165, 1.54) is 25.1 Å². The fraction of sp³-hybridized carbons (Fsp3) is 0.826. The minimum atomic E-state index is -3.42. The van der Waals surface area contributed by atoms with Crippen molar-refractivity contribution in [3.8, 4) is 0 Å². The standard InChI is InChI=1S/C23H39F2N3O4Si2/c1-33(2,16-9-5-6-10-16)30-15-18-20(32-34(3,4)17-11-7-8-12-17)23(24,25)21(31-18)28-14-13-19(26)27-22(28)29/h13-14,16-18,20-21H,5-12,15H2,1-4H3,(H2,26,27,29). The summed E-state index contributed by atoms with van der Waals surface area (Å²) >= 11 is 0. The van der Waals surface area contributed by atoms with Crippen molar-refractivity contribution in [1.82, 2.24) is 9.55 Å². The van der Waals surface area contributed by atoms with E-state index in [0.29, 0.717) is 11.1 Å². The zero-order valence-corrected chi connectivity index (χ0v) is 22.8. The van der Waals surface area contributed by atoms with Gasteiger partial charge in [0.05, 0.1) is 6.61 Å². The molecule has 3 aliphatic rings. The monoisotopic (exact) mass is 515 g/mol. The van der Waals surface area contributed by atoms with Crippen LogP contribution in [0.5, 0.6) is 0 Å². The van der Waals surface area contributed by atoms with Gasteiger partial charge in [-0.2, -0.15) is 13.8 Å². The van der Waals surface area contributed by atoms with Crippen molar-refractivity contribution in [3.63, 3.8) is 0 Å². The van der Waals surface area contributed by atoms with Gasteiger partial charge in [0.1, 0.15) is 18.0 Å². The lowest BCUT2D eigenvalue weighted by molar-refractivity contribution is -0.138. The summed E-state index contributed by atoms with van der Waals surface area (Å²) in [4.78, 5) is 16.0. The Bertz CT molecular complexity index is 918. The van der Waals surface area contributed by atoms with Crippen LogP contribution in [0.3, 0.4) is 0 Å². The summed E-state index contributed by atoms with van der Waals surface area (Å²) in [5.41, 5.74) is 5.57. The van der Waals surface area contributed by atoms with Gasteiger partial charge in [-0.25, -0.2) is 4.79 Å². The number of nitrogens with zero attached hydrogens (tertiary/aromatic N) is 2. The lowest BCUT2D eigenvalue weighted by Crippen LogP contribution is -2.51. The van der Waals surface area contributed by atoms with E-state index in [-0.39, 0.29) is 12.4 Å². The maximum Gasteiger partial charge on any atom is 0.351 e. The number of aromatic nitrogens is 2. The summed E-state index contributed by atoms with van der Waals surface area (Å²) in [6.07, 6.45) is 5.91. The van der Waals surface area contributed by atoms with Gasteiger partial charge in [-0.3, -0.25) is 4.57 Å². The first-order chi connectivity index (χ1) is 15.9. The summed E-state index contributed by atoms with van der Waals surface area (Å²) in [5.74, 6) is -3.44. The van der Waals surface area contributed by atoms with E-state index in [1.807, 2.05) is 13.1 Å². The molecule has 3 atom stereocenters. The maximum absolute atomic E-state index is 15.9. The normalized spacial score (nSPS) is 28.7. The molecule has 34 heavy (non-hydrogen) atoms. The molecular formula is C23H39F2N3O4Si2. The van der Waals surface area contributed by atoms with Crippen molar-refractivity contribution in [2.75, 3.05) is 12.3 Å². The molecule has 2 aliphatic carbocycles. The number of alkyl halides is 2. The van der Waals surface area contributed by atoms with Crippen LogP contribution < -0.4 is 11.4 Å². The van der Waals surface area contributed by atoms with Gasteiger partial charge >= 0.3 is 11.6 Å². The highest BCUT2D eigenvalue weighted by Crippen LogP contribution is 2.48. The Kier molecular flexibility index (Phi) is 7.41. The van der Waals surface area contributed by atoms with E-state index in [0.717, 1.165) is 43.1 Å². The number of ether oxygens (including phenoxy) is 1. The van der Waals surface area contributed by atoms with Crippen LogP contribution in [0.4, 0.5) is 14.6 Å². The van der Waals surface area contributed by atoms with Gasteiger partial charge in [-0.15, -0.1) is 0 Å². The maximum atomic E-state index is 15.9. The SMILES string of the molecule is C[Si](C)(OCC1OC(n2ccc(N)nc2=O)C(F)(F)C1O[Si](C)(C)C1CCCC1)C1CCCC1. The highest BCUT2D eigenvalue weighted by molar-refractivity contribution is 6.73. The predicted molar refractivity (Wildman–Crippen MR) is 132 cm³/mol. The van der Waals surface area contributed by atoms with E-state index >= 15 is 8.78 Å². The van der Waals surface area contributed by atoms with Gasteiger partial charge in [0.2, 0.25) is 6.23 Å². The van der Waals surface area contributed by atoms with Gasteiger partial charge in [-0.05, 0) is 43.3 Å². The molecule has 1 aliphatic heterocycles. The van der Waals surface area contributed by atoms with E-state index < -0.39 is 46.7 Å². The molecule has 0 aromatic carbocycles. The molecule has 0 amide bonds. The molecule has 3 unspecified atom stereocenters. The number of hydrogen-bond acceptors (Lipinski definition) is 6. The van der Waals surface area contributed by atoms with Gasteiger partial charge in [0.25, 0.3) is 0 Å². The smallest absolute Gasteiger partial charge is 0.351 e. The Hall–Kier alpha value is -1.15. The Morgan fingerprint density at radius 2 is 1.65 bits per heavy atom. The summed E-state index contributed by atoms with van der Waals surface area (Å²) in [7, 11) is -4.53. The number of nitrogens with two attached hydrogens (primary N) is 1. The fourth-order valence-corrected chi connectivity index (χ4v) is 11.5. The summed E-state index contributed by atoms with van der Waals surface area (Å²) in [5, 5.41) is 0. The Morgan fingerprint density at radius 1 is 1.09 bits per heavy atom. The Balaban J connectivity index is 1.60. The highest BCUT2D eigenvalue weighted by atomic mass is 28.4. The average Bonchev–Trinajstić information content (AvgIpc) is 3.50. The third kappa shape index (κ3) is 5.18. The van der Waals surface area contributed by atoms with E-state index in [9.17, 15) is 4.79 Å². The first-order valence-corrected chi connectivity index (χ1v) is 18.6. The van der Waals surface area contributed by atoms with Crippen LogP contribution in [0.25, 0.3) is 0 Å². The van der Waals surface area contributed by atoms with Gasteiger partial charge in [0.15, 0.2) is 16.6 Å². The second kappa shape index (κ2) is 9.72. The molecular weight excluding hydrogens is 476 g/mol. The summed E-state index contributed by atoms with van der Waals surface area (Å²) in [6, 6.07) is 1.33. The van der Waals surface area contributed by atoms with Crippen molar-refractivity contribution in [1.29, 1.82) is 0 Å². The molecule has 1 aromatic heterocycles. The summed E-state index contributed by atoms with van der Waals surface area (Å²) in [6.45, 7) is 8.42. The van der Waals surface area contributed by atoms with Crippen LogP contribution in [-0.4, -0.2) is 50.9 Å². The first kappa shape index (κ1) is 25.9. The number of anilines is 1. The number of hydrogen-bond donors (Lipinski definition) is 1. The van der Waals surface area contributed by atoms with Crippen molar-refractivity contribution >= 4 is 22.5 Å². The van der Waals surface area contributed by atoms with E-state index in [1.54, 1.807) is 0 Å². The van der Waals surface area contributed by atoms with Crippen LogP contribution in [0.15, 0.2) is 17.1 Å². The number of rotatable bonds is 8. The predicted octanol–water partition coefficient (Wildman–Crippen LogP) is 5.06. The van der Waals surface area contributed by atoms with Gasteiger partial charge < -0.3 is 19.3 Å². The Morgan fingerprint density at radius 3 is 2.21 bits per heavy atom. The first-order valence-electron chi connectivity index (χ1n) is 12.6. The molecule has 11 heteroatoms. The molecule has 1 saturated heterocycles. The molecule has 2 heterocycles. The molecule has 3 fully saturated rings. The van der Waals surface area contributed by atoms with Crippen LogP contribution in [0.1, 0.15) is 57.6 Å². The molecule has 192 valence electrons. The topological polar surface area (TPSA) is 88.6 Å². The summed E-state index contributed by atoms with van der Waals surface area (Å²) < 4.78 is 51.3. The van der Waals surface area contributed by atoms with Crippen molar-refractivity contribution in [2.24, 2.45) is 0 Å². The molecule has 0 spiro atoms. The molecule has 2 N–H and O–H groups in total. The molecule has 2 saturated carbocycles. The number of nitrogen functional groups attached to an aromatic ring is 1. The van der Waals surface area contributed by atoms with E-state index in [2.05, 4.69) is 18.1 Å². The zero-order chi connectivity index (χ0) is 24.7. The largest absolute Gasteiger partial charge is 0.414 e. The van der Waals surface area contributed by atoms with Gasteiger partial charge in [0, 0.05) is 6.20 Å². The Labute approximate surface area is 202 Å². The van der Waals surface area contributed by atoms with Crippen LogP contribution in [0, 0.1) is 0 Å². The van der Waals surface area contributed by atoms with Crippen LogP contribution in [-0.2, 0) is 13.6 Å². The van der Waals surface area contributed by atoms with Crippen molar-refractivity contribution in [3.05, 3.63) is 22.7 Å². The van der Waals surface area contributed by atoms with Crippen molar-refractivity contribution < 1.29 is 22.4 Å². The fourth-order valence-electron chi connectivity index (χ4n) is 5.93. The third-order valence-electron chi connectivity index (χ3n) is 8.18. The average molecular weight is 516 g/mol. The number of halogens is 2. The molecule has 0 radical (unpaired) electrons. The van der Waals surface area contributed by atoms with E-state index in [4.69, 9.17) is 19.3 Å². The second-order valence-corrected chi connectivity index (χ2v) is 19.8. The molecule has 1 aromatic rings. The van der Waals surface area contributed by atoms with Crippen LogP contribution >= 0.6 is 0 Å². The van der Waals surface area contributed by atoms with Gasteiger partial charge in [-0.1, -0.05) is 51.4 Å².